The highest BCUT2D eigenvalue weighted by atomic mass is 79.9. The number of hydrogen-bond acceptors (Lipinski definition) is 3. The Morgan fingerprint density at radius 3 is 2.40 bits per heavy atom. The highest BCUT2D eigenvalue weighted by Gasteiger charge is 2.22. The van der Waals surface area contributed by atoms with Crippen molar-refractivity contribution < 1.29 is 4.79 Å². The summed E-state index contributed by atoms with van der Waals surface area (Å²) in [6.45, 7) is 7.70. The van der Waals surface area contributed by atoms with Gasteiger partial charge in [-0.3, -0.25) is 9.48 Å². The Kier molecular flexibility index (Phi) is 6.16. The van der Waals surface area contributed by atoms with Crippen LogP contribution in [0.2, 0.25) is 5.02 Å². The van der Waals surface area contributed by atoms with Gasteiger partial charge in [0, 0.05) is 42.5 Å². The van der Waals surface area contributed by atoms with E-state index in [1.807, 2.05) is 72.0 Å². The molecular weight excluding hydrogens is 464 g/mol. The number of nitrogens with zero attached hydrogens (tertiary/aromatic N) is 4. The van der Waals surface area contributed by atoms with Crippen molar-refractivity contribution in [2.24, 2.45) is 0 Å². The van der Waals surface area contributed by atoms with Crippen LogP contribution in [0.1, 0.15) is 27.3 Å². The molecular formula is C23H24BrClN4O. The normalized spacial score (nSPS) is 14.3. The van der Waals surface area contributed by atoms with E-state index in [-0.39, 0.29) is 5.91 Å². The van der Waals surface area contributed by atoms with Crippen LogP contribution in [0.15, 0.2) is 53.0 Å². The molecule has 0 atom stereocenters. The highest BCUT2D eigenvalue weighted by molar-refractivity contribution is 9.10. The zero-order valence-corrected chi connectivity index (χ0v) is 19.4. The van der Waals surface area contributed by atoms with E-state index in [1.165, 1.54) is 0 Å². The van der Waals surface area contributed by atoms with Crippen LogP contribution in [0.3, 0.4) is 0 Å². The molecule has 1 aliphatic rings. The monoisotopic (exact) mass is 486 g/mol. The number of anilines is 1. The Hall–Kier alpha value is -2.31. The second kappa shape index (κ2) is 8.82. The van der Waals surface area contributed by atoms with Gasteiger partial charge in [0.2, 0.25) is 0 Å². The van der Waals surface area contributed by atoms with Crippen LogP contribution in [-0.2, 0) is 6.54 Å². The Morgan fingerprint density at radius 2 is 1.77 bits per heavy atom. The summed E-state index contributed by atoms with van der Waals surface area (Å²) in [6.07, 6.45) is 0. The third-order valence-electron chi connectivity index (χ3n) is 5.56. The number of piperazine rings is 1. The number of benzene rings is 2. The van der Waals surface area contributed by atoms with Gasteiger partial charge >= 0.3 is 0 Å². The summed E-state index contributed by atoms with van der Waals surface area (Å²) in [5, 5.41) is 5.31. The molecule has 4 rings (SSSR count). The molecule has 7 heteroatoms. The number of hydrogen-bond donors (Lipinski definition) is 0. The van der Waals surface area contributed by atoms with Crippen molar-refractivity contribution in [1.29, 1.82) is 0 Å². The van der Waals surface area contributed by atoms with Crippen molar-refractivity contribution in [2.45, 2.75) is 20.4 Å². The maximum absolute atomic E-state index is 13.1. The molecule has 1 aromatic heterocycles. The fourth-order valence-corrected chi connectivity index (χ4v) is 4.22. The molecule has 0 bridgehead atoms. The van der Waals surface area contributed by atoms with Gasteiger partial charge < -0.3 is 9.80 Å². The zero-order valence-electron chi connectivity index (χ0n) is 17.1. The molecule has 0 radical (unpaired) electrons. The molecule has 1 fully saturated rings. The van der Waals surface area contributed by atoms with Gasteiger partial charge in [-0.15, -0.1) is 0 Å². The molecule has 0 N–H and O–H groups in total. The number of halogens is 2. The first-order valence-electron chi connectivity index (χ1n) is 10.0. The molecule has 0 spiro atoms. The minimum absolute atomic E-state index is 0.0853. The SMILES string of the molecule is Cc1nn(Cc2cccc(C(=O)N3CCN(c4ccc(Cl)cc4)CC3)c2)c(C)c1Br. The van der Waals surface area contributed by atoms with Gasteiger partial charge in [0.1, 0.15) is 0 Å². The Balaban J connectivity index is 1.42. The van der Waals surface area contributed by atoms with E-state index >= 15 is 0 Å². The lowest BCUT2D eigenvalue weighted by Crippen LogP contribution is -2.48. The third kappa shape index (κ3) is 4.40. The molecule has 1 amide bonds. The van der Waals surface area contributed by atoms with Crippen molar-refractivity contribution in [3.8, 4) is 0 Å². The fourth-order valence-electron chi connectivity index (χ4n) is 3.81. The minimum atomic E-state index is 0.0853. The van der Waals surface area contributed by atoms with E-state index in [9.17, 15) is 4.79 Å². The van der Waals surface area contributed by atoms with Crippen molar-refractivity contribution in [2.75, 3.05) is 31.1 Å². The van der Waals surface area contributed by atoms with Crippen LogP contribution in [0.5, 0.6) is 0 Å². The van der Waals surface area contributed by atoms with E-state index in [2.05, 4.69) is 25.9 Å². The van der Waals surface area contributed by atoms with Crippen LogP contribution < -0.4 is 4.90 Å². The van der Waals surface area contributed by atoms with Gasteiger partial charge in [0.15, 0.2) is 0 Å². The quantitative estimate of drug-likeness (QED) is 0.524. The fraction of sp³-hybridized carbons (Fsp3) is 0.304. The standard InChI is InChI=1S/C23H24BrClN4O/c1-16-22(24)17(2)29(26-16)15-18-4-3-5-19(14-18)23(30)28-12-10-27(11-13-28)21-8-6-20(25)7-9-21/h3-9,14H,10-13,15H2,1-2H3. The summed E-state index contributed by atoms with van der Waals surface area (Å²) in [6, 6.07) is 15.7. The molecule has 2 aromatic carbocycles. The molecule has 3 aromatic rings. The molecule has 0 aliphatic carbocycles. The number of aromatic nitrogens is 2. The predicted octanol–water partition coefficient (Wildman–Crippen LogP) is 4.93. The van der Waals surface area contributed by atoms with Crippen LogP contribution in [0, 0.1) is 13.8 Å². The van der Waals surface area contributed by atoms with E-state index in [1.54, 1.807) is 0 Å². The van der Waals surface area contributed by atoms with Crippen molar-refractivity contribution >= 4 is 39.1 Å². The molecule has 1 saturated heterocycles. The number of amides is 1. The van der Waals surface area contributed by atoms with E-state index < -0.39 is 0 Å². The lowest BCUT2D eigenvalue weighted by atomic mass is 10.1. The lowest BCUT2D eigenvalue weighted by Gasteiger charge is -2.36. The summed E-state index contributed by atoms with van der Waals surface area (Å²) < 4.78 is 3.00. The lowest BCUT2D eigenvalue weighted by molar-refractivity contribution is 0.0746. The van der Waals surface area contributed by atoms with Crippen molar-refractivity contribution in [3.05, 3.63) is 80.5 Å². The second-order valence-electron chi connectivity index (χ2n) is 7.60. The van der Waals surface area contributed by atoms with Crippen LogP contribution >= 0.6 is 27.5 Å². The van der Waals surface area contributed by atoms with Crippen LogP contribution in [-0.4, -0.2) is 46.8 Å². The summed E-state index contributed by atoms with van der Waals surface area (Å²) in [7, 11) is 0. The first-order chi connectivity index (χ1) is 14.4. The first kappa shape index (κ1) is 20.9. The number of aryl methyl sites for hydroxylation is 1. The van der Waals surface area contributed by atoms with E-state index in [0.717, 1.165) is 50.8 Å². The minimum Gasteiger partial charge on any atom is -0.368 e. The Bertz CT molecular complexity index is 1060. The average molecular weight is 488 g/mol. The first-order valence-corrected chi connectivity index (χ1v) is 11.2. The number of carbonyl (C=O) groups excluding carboxylic acids is 1. The second-order valence-corrected chi connectivity index (χ2v) is 8.83. The number of rotatable bonds is 4. The maximum atomic E-state index is 13.1. The van der Waals surface area contributed by atoms with Gasteiger partial charge in [-0.25, -0.2) is 0 Å². The predicted molar refractivity (Wildman–Crippen MR) is 125 cm³/mol. The zero-order chi connectivity index (χ0) is 21.3. The van der Waals surface area contributed by atoms with E-state index in [4.69, 9.17) is 11.6 Å². The third-order valence-corrected chi connectivity index (χ3v) is 6.96. The molecule has 5 nitrogen and oxygen atoms in total. The van der Waals surface area contributed by atoms with Gasteiger partial charge in [-0.05, 0) is 71.7 Å². The molecule has 156 valence electrons. The van der Waals surface area contributed by atoms with Crippen molar-refractivity contribution in [3.63, 3.8) is 0 Å². The molecule has 0 unspecified atom stereocenters. The molecule has 0 saturated carbocycles. The summed E-state index contributed by atoms with van der Waals surface area (Å²) in [4.78, 5) is 17.3. The maximum Gasteiger partial charge on any atom is 0.253 e. The molecule has 1 aliphatic heterocycles. The Morgan fingerprint density at radius 1 is 1.07 bits per heavy atom. The van der Waals surface area contributed by atoms with Gasteiger partial charge in [-0.2, -0.15) is 5.10 Å². The summed E-state index contributed by atoms with van der Waals surface area (Å²) in [5.74, 6) is 0.0853. The number of carbonyl (C=O) groups is 1. The molecule has 2 heterocycles. The van der Waals surface area contributed by atoms with Crippen LogP contribution in [0.25, 0.3) is 0 Å². The van der Waals surface area contributed by atoms with Crippen molar-refractivity contribution in [1.82, 2.24) is 14.7 Å². The smallest absolute Gasteiger partial charge is 0.253 e. The van der Waals surface area contributed by atoms with Crippen LogP contribution in [0.4, 0.5) is 5.69 Å². The van der Waals surface area contributed by atoms with E-state index in [0.29, 0.717) is 19.6 Å². The largest absolute Gasteiger partial charge is 0.368 e. The summed E-state index contributed by atoms with van der Waals surface area (Å²) >= 11 is 9.56. The summed E-state index contributed by atoms with van der Waals surface area (Å²) in [5.41, 5.74) is 5.00. The van der Waals surface area contributed by atoms with Gasteiger partial charge in [-0.1, -0.05) is 23.7 Å². The molecule has 30 heavy (non-hydrogen) atoms. The van der Waals surface area contributed by atoms with Gasteiger partial charge in [0.05, 0.1) is 22.4 Å². The topological polar surface area (TPSA) is 41.4 Å². The average Bonchev–Trinajstić information content (AvgIpc) is 3.00. The highest BCUT2D eigenvalue weighted by Crippen LogP contribution is 2.22. The Labute approximate surface area is 190 Å². The van der Waals surface area contributed by atoms with Gasteiger partial charge in [0.25, 0.3) is 5.91 Å².